The topological polar surface area (TPSA) is 50.4 Å². The van der Waals surface area contributed by atoms with Gasteiger partial charge in [0, 0.05) is 11.3 Å². The molecule has 1 aromatic heterocycles. The number of hydrogen-bond acceptors (Lipinski definition) is 3. The third kappa shape index (κ3) is 1.03. The lowest BCUT2D eigenvalue weighted by Gasteiger charge is -1.86. The lowest BCUT2D eigenvalue weighted by atomic mass is 10.3. The van der Waals surface area contributed by atoms with Gasteiger partial charge in [0.25, 0.3) is 0 Å². The van der Waals surface area contributed by atoms with E-state index in [4.69, 9.17) is 9.52 Å². The molecule has 4 heteroatoms. The van der Waals surface area contributed by atoms with Crippen LogP contribution in [0.15, 0.2) is 10.5 Å². The largest absolute Gasteiger partial charge is 0.475 e. The first-order valence-corrected chi connectivity index (χ1v) is 4.35. The monoisotopic (exact) mass is 170 g/mol. The van der Waals surface area contributed by atoms with Crippen LogP contribution in [-0.2, 0) is 11.5 Å². The Morgan fingerprint density at radius 3 is 3.09 bits per heavy atom. The van der Waals surface area contributed by atoms with E-state index in [0.717, 1.165) is 22.8 Å². The van der Waals surface area contributed by atoms with Gasteiger partial charge in [0.1, 0.15) is 5.76 Å². The normalized spacial score (nSPS) is 14.9. The summed E-state index contributed by atoms with van der Waals surface area (Å²) >= 11 is 1.74. The maximum absolute atomic E-state index is 10.4. The van der Waals surface area contributed by atoms with Crippen molar-refractivity contribution in [2.75, 3.05) is 0 Å². The van der Waals surface area contributed by atoms with Crippen molar-refractivity contribution in [3.05, 3.63) is 23.2 Å². The molecule has 0 atom stereocenters. The first-order valence-electron chi connectivity index (χ1n) is 3.20. The highest BCUT2D eigenvalue weighted by Gasteiger charge is 2.19. The first kappa shape index (κ1) is 6.79. The molecular formula is C7H6O3S. The average molecular weight is 170 g/mol. The zero-order valence-electron chi connectivity index (χ0n) is 5.66. The fourth-order valence-electron chi connectivity index (χ4n) is 1.07. The Labute approximate surface area is 67.4 Å². The van der Waals surface area contributed by atoms with Crippen molar-refractivity contribution in [2.45, 2.75) is 11.5 Å². The van der Waals surface area contributed by atoms with E-state index < -0.39 is 5.97 Å². The van der Waals surface area contributed by atoms with Gasteiger partial charge in [-0.15, -0.1) is 11.8 Å². The highest BCUT2D eigenvalue weighted by atomic mass is 32.2. The van der Waals surface area contributed by atoms with Gasteiger partial charge in [0.2, 0.25) is 5.76 Å². The molecular weight excluding hydrogens is 164 g/mol. The first-order chi connectivity index (χ1) is 5.27. The van der Waals surface area contributed by atoms with Crippen LogP contribution in [-0.4, -0.2) is 11.1 Å². The summed E-state index contributed by atoms with van der Waals surface area (Å²) in [6, 6.07) is 1.61. The number of thioether (sulfide) groups is 1. The molecule has 0 saturated carbocycles. The van der Waals surface area contributed by atoms with Crippen LogP contribution in [0.1, 0.15) is 21.9 Å². The molecule has 0 spiro atoms. The third-order valence-corrected chi connectivity index (χ3v) is 2.58. The van der Waals surface area contributed by atoms with Crippen LogP contribution >= 0.6 is 11.8 Å². The molecule has 0 unspecified atom stereocenters. The molecule has 11 heavy (non-hydrogen) atoms. The Bertz CT molecular complexity index is 281. The summed E-state index contributed by atoms with van der Waals surface area (Å²) < 4.78 is 5.07. The number of carboxylic acids is 1. The van der Waals surface area contributed by atoms with Gasteiger partial charge in [-0.25, -0.2) is 4.79 Å². The molecule has 0 aromatic carbocycles. The summed E-state index contributed by atoms with van der Waals surface area (Å²) in [7, 11) is 0. The SMILES string of the molecule is O=C(O)c1cc2c(o1)CSC2. The molecule has 0 saturated heterocycles. The zero-order chi connectivity index (χ0) is 7.84. The van der Waals surface area contributed by atoms with Crippen LogP contribution in [0.2, 0.25) is 0 Å². The number of carbonyl (C=O) groups is 1. The summed E-state index contributed by atoms with van der Waals surface area (Å²) in [6.45, 7) is 0. The van der Waals surface area contributed by atoms with E-state index in [1.54, 1.807) is 17.8 Å². The van der Waals surface area contributed by atoms with Crippen LogP contribution in [0.25, 0.3) is 0 Å². The predicted molar refractivity (Wildman–Crippen MR) is 40.7 cm³/mol. The summed E-state index contributed by atoms with van der Waals surface area (Å²) in [5.74, 6) is 1.60. The Morgan fingerprint density at radius 2 is 2.45 bits per heavy atom. The highest BCUT2D eigenvalue weighted by molar-refractivity contribution is 7.98. The molecule has 0 bridgehead atoms. The van der Waals surface area contributed by atoms with Crippen LogP contribution in [0, 0.1) is 0 Å². The molecule has 2 heterocycles. The second-order valence-corrected chi connectivity index (χ2v) is 3.34. The van der Waals surface area contributed by atoms with Crippen LogP contribution in [0.3, 0.4) is 0 Å². The zero-order valence-corrected chi connectivity index (χ0v) is 6.48. The second-order valence-electron chi connectivity index (χ2n) is 2.36. The summed E-state index contributed by atoms with van der Waals surface area (Å²) in [6.07, 6.45) is 0. The maximum Gasteiger partial charge on any atom is 0.371 e. The van der Waals surface area contributed by atoms with Gasteiger partial charge in [-0.1, -0.05) is 0 Å². The van der Waals surface area contributed by atoms with Gasteiger partial charge in [-0.05, 0) is 6.07 Å². The highest BCUT2D eigenvalue weighted by Crippen LogP contribution is 2.31. The molecule has 3 nitrogen and oxygen atoms in total. The van der Waals surface area contributed by atoms with E-state index in [1.165, 1.54) is 0 Å². The second kappa shape index (κ2) is 2.30. The quantitative estimate of drug-likeness (QED) is 0.697. The van der Waals surface area contributed by atoms with E-state index in [1.807, 2.05) is 0 Å². The van der Waals surface area contributed by atoms with Gasteiger partial charge in [0.15, 0.2) is 0 Å². The smallest absolute Gasteiger partial charge is 0.371 e. The molecule has 1 N–H and O–H groups in total. The van der Waals surface area contributed by atoms with E-state index >= 15 is 0 Å². The van der Waals surface area contributed by atoms with Gasteiger partial charge in [0.05, 0.1) is 5.75 Å². The van der Waals surface area contributed by atoms with Crippen LogP contribution < -0.4 is 0 Å². The van der Waals surface area contributed by atoms with Gasteiger partial charge in [-0.2, -0.15) is 0 Å². The Balaban J connectivity index is 2.42. The number of fused-ring (bicyclic) bond motifs is 1. The van der Waals surface area contributed by atoms with Crippen molar-refractivity contribution >= 4 is 17.7 Å². The molecule has 1 aliphatic heterocycles. The number of hydrogen-bond donors (Lipinski definition) is 1. The average Bonchev–Trinajstić information content (AvgIpc) is 2.40. The lowest BCUT2D eigenvalue weighted by molar-refractivity contribution is 0.0661. The summed E-state index contributed by atoms with van der Waals surface area (Å²) in [4.78, 5) is 10.4. The van der Waals surface area contributed by atoms with Crippen molar-refractivity contribution in [2.24, 2.45) is 0 Å². The van der Waals surface area contributed by atoms with E-state index in [9.17, 15) is 4.79 Å². The van der Waals surface area contributed by atoms with E-state index in [0.29, 0.717) is 0 Å². The number of furan rings is 1. The number of carboxylic acid groups (broad SMARTS) is 1. The van der Waals surface area contributed by atoms with Crippen molar-refractivity contribution in [1.82, 2.24) is 0 Å². The summed E-state index contributed by atoms with van der Waals surface area (Å²) in [5.41, 5.74) is 1.03. The van der Waals surface area contributed by atoms with Crippen molar-refractivity contribution in [3.63, 3.8) is 0 Å². The van der Waals surface area contributed by atoms with E-state index in [-0.39, 0.29) is 5.76 Å². The number of aromatic carboxylic acids is 1. The third-order valence-electron chi connectivity index (χ3n) is 1.60. The lowest BCUT2D eigenvalue weighted by Crippen LogP contribution is -1.92. The predicted octanol–water partition coefficient (Wildman–Crippen LogP) is 1.72. The Hall–Kier alpha value is -0.900. The minimum atomic E-state index is -0.982. The Morgan fingerprint density at radius 1 is 1.64 bits per heavy atom. The Kier molecular flexibility index (Phi) is 1.42. The maximum atomic E-state index is 10.4. The fourth-order valence-corrected chi connectivity index (χ4v) is 2.07. The molecule has 0 fully saturated rings. The molecule has 1 aliphatic rings. The van der Waals surface area contributed by atoms with Crippen molar-refractivity contribution in [1.29, 1.82) is 0 Å². The molecule has 58 valence electrons. The minimum Gasteiger partial charge on any atom is -0.475 e. The van der Waals surface area contributed by atoms with Crippen molar-refractivity contribution < 1.29 is 14.3 Å². The minimum absolute atomic E-state index is 0.0651. The van der Waals surface area contributed by atoms with Gasteiger partial charge in [-0.3, -0.25) is 0 Å². The van der Waals surface area contributed by atoms with Gasteiger partial charge >= 0.3 is 5.97 Å². The molecule has 0 amide bonds. The van der Waals surface area contributed by atoms with Gasteiger partial charge < -0.3 is 9.52 Å². The molecule has 0 radical (unpaired) electrons. The van der Waals surface area contributed by atoms with Crippen molar-refractivity contribution in [3.8, 4) is 0 Å². The molecule has 0 aliphatic carbocycles. The van der Waals surface area contributed by atoms with E-state index in [2.05, 4.69) is 0 Å². The van der Waals surface area contributed by atoms with Crippen LogP contribution in [0.5, 0.6) is 0 Å². The standard InChI is InChI=1S/C7H6O3S/c8-7(9)5-1-4-2-11-3-6(4)10-5/h1H,2-3H2,(H,8,9). The fraction of sp³-hybridized carbons (Fsp3) is 0.286. The summed E-state index contributed by atoms with van der Waals surface area (Å²) in [5, 5.41) is 8.54. The molecule has 1 aromatic rings. The molecule has 2 rings (SSSR count). The number of rotatable bonds is 1. The van der Waals surface area contributed by atoms with Crippen LogP contribution in [0.4, 0.5) is 0 Å².